The van der Waals surface area contributed by atoms with E-state index in [1.54, 1.807) is 22.8 Å². The normalized spacial score (nSPS) is 15.4. The summed E-state index contributed by atoms with van der Waals surface area (Å²) < 4.78 is 13.3. The SMILES string of the molecule is CCOC(=O)C1=C(c2ccccc2)N=c2s/c(=C\c3cccs3)c(=O)n2C1c1ccc(OCC)cc1. The second kappa shape index (κ2) is 10.5. The molecule has 4 aromatic rings. The summed E-state index contributed by atoms with van der Waals surface area (Å²) in [5.74, 6) is 0.225. The number of fused-ring (bicyclic) bond motifs is 1. The summed E-state index contributed by atoms with van der Waals surface area (Å²) in [6, 6.07) is 20.2. The molecule has 0 saturated carbocycles. The Morgan fingerprint density at radius 2 is 1.81 bits per heavy atom. The minimum atomic E-state index is -0.698. The minimum Gasteiger partial charge on any atom is -0.494 e. The number of thiazole rings is 1. The molecule has 0 bridgehead atoms. The zero-order chi connectivity index (χ0) is 25.1. The molecule has 0 N–H and O–H groups in total. The molecule has 1 aliphatic rings. The molecule has 2 aromatic carbocycles. The van der Waals surface area contributed by atoms with Gasteiger partial charge in [0.05, 0.1) is 35.1 Å². The number of ether oxygens (including phenoxy) is 2. The van der Waals surface area contributed by atoms with Gasteiger partial charge in [-0.1, -0.05) is 59.9 Å². The van der Waals surface area contributed by atoms with E-state index in [9.17, 15) is 9.59 Å². The Hall–Kier alpha value is -3.75. The van der Waals surface area contributed by atoms with Crippen LogP contribution in [0, 0.1) is 0 Å². The molecule has 2 aromatic heterocycles. The number of benzene rings is 2. The minimum absolute atomic E-state index is 0.194. The van der Waals surface area contributed by atoms with Gasteiger partial charge in [-0.3, -0.25) is 9.36 Å². The second-order valence-corrected chi connectivity index (χ2v) is 9.94. The number of rotatable bonds is 7. The van der Waals surface area contributed by atoms with Gasteiger partial charge >= 0.3 is 5.97 Å². The quantitative estimate of drug-likeness (QED) is 0.342. The smallest absolute Gasteiger partial charge is 0.338 e. The number of aromatic nitrogens is 1. The molecule has 1 aliphatic heterocycles. The van der Waals surface area contributed by atoms with Gasteiger partial charge in [0.25, 0.3) is 5.56 Å². The van der Waals surface area contributed by atoms with Gasteiger partial charge in [-0.2, -0.15) is 0 Å². The lowest BCUT2D eigenvalue weighted by Crippen LogP contribution is -2.39. The number of hydrogen-bond donors (Lipinski definition) is 0. The van der Waals surface area contributed by atoms with Crippen LogP contribution in [0.5, 0.6) is 5.75 Å². The van der Waals surface area contributed by atoms with Crippen molar-refractivity contribution < 1.29 is 14.3 Å². The highest BCUT2D eigenvalue weighted by Crippen LogP contribution is 2.35. The van der Waals surface area contributed by atoms with Crippen LogP contribution in [0.4, 0.5) is 0 Å². The summed E-state index contributed by atoms with van der Waals surface area (Å²) in [5.41, 5.74) is 2.21. The van der Waals surface area contributed by atoms with Gasteiger partial charge < -0.3 is 9.47 Å². The third-order valence-electron chi connectivity index (χ3n) is 5.70. The Bertz CT molecular complexity index is 1580. The van der Waals surface area contributed by atoms with E-state index in [-0.39, 0.29) is 12.2 Å². The van der Waals surface area contributed by atoms with Crippen molar-refractivity contribution in [1.82, 2.24) is 4.57 Å². The summed E-state index contributed by atoms with van der Waals surface area (Å²) in [6.45, 7) is 4.45. The highest BCUT2D eigenvalue weighted by Gasteiger charge is 2.35. The number of thiophene rings is 1. The number of carbonyl (C=O) groups is 1. The van der Waals surface area contributed by atoms with Crippen molar-refractivity contribution in [2.24, 2.45) is 4.99 Å². The Labute approximate surface area is 216 Å². The Morgan fingerprint density at radius 1 is 1.03 bits per heavy atom. The van der Waals surface area contributed by atoms with Crippen molar-refractivity contribution >= 4 is 40.4 Å². The zero-order valence-electron chi connectivity index (χ0n) is 19.8. The molecule has 5 rings (SSSR count). The monoisotopic (exact) mass is 516 g/mol. The molecule has 8 heteroatoms. The molecule has 3 heterocycles. The molecular weight excluding hydrogens is 492 g/mol. The van der Waals surface area contributed by atoms with Crippen LogP contribution >= 0.6 is 22.7 Å². The van der Waals surface area contributed by atoms with Crippen LogP contribution in [0.25, 0.3) is 11.8 Å². The van der Waals surface area contributed by atoms with E-state index in [2.05, 4.69) is 0 Å². The van der Waals surface area contributed by atoms with Crippen molar-refractivity contribution in [2.75, 3.05) is 13.2 Å². The third kappa shape index (κ3) is 4.57. The van der Waals surface area contributed by atoms with Crippen LogP contribution in [-0.4, -0.2) is 23.8 Å². The molecular formula is C28H24N2O4S2. The average Bonchev–Trinajstić information content (AvgIpc) is 3.52. The predicted molar refractivity (Wildman–Crippen MR) is 143 cm³/mol. The molecule has 6 nitrogen and oxygen atoms in total. The topological polar surface area (TPSA) is 69.9 Å². The van der Waals surface area contributed by atoms with E-state index >= 15 is 0 Å². The fraction of sp³-hybridized carbons (Fsp3) is 0.179. The molecule has 0 amide bonds. The maximum atomic E-state index is 13.7. The van der Waals surface area contributed by atoms with Gasteiger partial charge in [0.1, 0.15) is 5.75 Å². The summed E-state index contributed by atoms with van der Waals surface area (Å²) in [4.78, 5) is 33.6. The first-order valence-electron chi connectivity index (χ1n) is 11.7. The van der Waals surface area contributed by atoms with Crippen molar-refractivity contribution in [1.29, 1.82) is 0 Å². The van der Waals surface area contributed by atoms with Crippen LogP contribution in [0.3, 0.4) is 0 Å². The van der Waals surface area contributed by atoms with Gasteiger partial charge in [-0.15, -0.1) is 11.3 Å². The number of hydrogen-bond acceptors (Lipinski definition) is 7. The molecule has 36 heavy (non-hydrogen) atoms. The van der Waals surface area contributed by atoms with Crippen molar-refractivity contribution in [3.8, 4) is 5.75 Å². The Balaban J connectivity index is 1.80. The van der Waals surface area contributed by atoms with Gasteiger partial charge in [0.15, 0.2) is 4.80 Å². The van der Waals surface area contributed by atoms with Crippen LogP contribution in [0.15, 0.2) is 87.5 Å². The van der Waals surface area contributed by atoms with E-state index in [0.29, 0.717) is 27.2 Å². The summed E-state index contributed by atoms with van der Waals surface area (Å²) in [5, 5.41) is 1.97. The van der Waals surface area contributed by atoms with E-state index in [1.165, 1.54) is 11.3 Å². The van der Waals surface area contributed by atoms with Crippen molar-refractivity contribution in [3.05, 3.63) is 113 Å². The number of esters is 1. The lowest BCUT2D eigenvalue weighted by molar-refractivity contribution is -0.138. The molecule has 0 spiro atoms. The lowest BCUT2D eigenvalue weighted by atomic mass is 9.93. The van der Waals surface area contributed by atoms with Crippen LogP contribution in [0.2, 0.25) is 0 Å². The first-order chi connectivity index (χ1) is 17.6. The fourth-order valence-corrected chi connectivity index (χ4v) is 5.90. The first kappa shape index (κ1) is 24.0. The maximum Gasteiger partial charge on any atom is 0.338 e. The Kier molecular flexibility index (Phi) is 6.97. The lowest BCUT2D eigenvalue weighted by Gasteiger charge is -2.26. The van der Waals surface area contributed by atoms with E-state index in [4.69, 9.17) is 14.5 Å². The highest BCUT2D eigenvalue weighted by atomic mass is 32.1. The molecule has 182 valence electrons. The average molecular weight is 517 g/mol. The number of nitrogens with zero attached hydrogens (tertiary/aromatic N) is 2. The van der Waals surface area contributed by atoms with Crippen LogP contribution in [0.1, 0.15) is 35.9 Å². The number of carbonyl (C=O) groups excluding carboxylic acids is 1. The van der Waals surface area contributed by atoms with Crippen LogP contribution in [-0.2, 0) is 9.53 Å². The largest absolute Gasteiger partial charge is 0.494 e. The molecule has 0 aliphatic carbocycles. The van der Waals surface area contributed by atoms with Gasteiger partial charge in [-0.05, 0) is 49.1 Å². The van der Waals surface area contributed by atoms with Gasteiger partial charge in [0.2, 0.25) is 0 Å². The molecule has 0 fully saturated rings. The fourth-order valence-electron chi connectivity index (χ4n) is 4.17. The predicted octanol–water partition coefficient (Wildman–Crippen LogP) is 4.40. The molecule has 0 radical (unpaired) electrons. The second-order valence-electron chi connectivity index (χ2n) is 7.95. The third-order valence-corrected chi connectivity index (χ3v) is 7.50. The van der Waals surface area contributed by atoms with Crippen molar-refractivity contribution in [3.63, 3.8) is 0 Å². The zero-order valence-corrected chi connectivity index (χ0v) is 21.5. The van der Waals surface area contributed by atoms with E-state index in [0.717, 1.165) is 21.8 Å². The van der Waals surface area contributed by atoms with Gasteiger partial charge in [0, 0.05) is 10.4 Å². The van der Waals surface area contributed by atoms with Gasteiger partial charge in [-0.25, -0.2) is 9.79 Å². The summed E-state index contributed by atoms with van der Waals surface area (Å²) >= 11 is 2.88. The molecule has 1 unspecified atom stereocenters. The highest BCUT2D eigenvalue weighted by molar-refractivity contribution is 7.11. The van der Waals surface area contributed by atoms with E-state index < -0.39 is 12.0 Å². The first-order valence-corrected chi connectivity index (χ1v) is 13.3. The standard InChI is InChI=1S/C28H24N2O4S2/c1-3-33-20-14-12-19(13-15-20)25-23(27(32)34-4-2)24(18-9-6-5-7-10-18)29-28-30(25)26(31)22(36-28)17-21-11-8-16-35-21/h5-17,25H,3-4H2,1-2H3/b22-17-. The molecule has 0 saturated heterocycles. The van der Waals surface area contributed by atoms with Crippen molar-refractivity contribution in [2.45, 2.75) is 19.9 Å². The Morgan fingerprint density at radius 3 is 2.47 bits per heavy atom. The van der Waals surface area contributed by atoms with Crippen LogP contribution < -0.4 is 19.6 Å². The maximum absolute atomic E-state index is 13.7. The van der Waals surface area contributed by atoms with E-state index in [1.807, 2.05) is 85.1 Å². The molecule has 1 atom stereocenters. The summed E-state index contributed by atoms with van der Waals surface area (Å²) in [6.07, 6.45) is 1.87. The summed E-state index contributed by atoms with van der Waals surface area (Å²) in [7, 11) is 0.